The van der Waals surface area contributed by atoms with Crippen LogP contribution in [0.5, 0.6) is 0 Å². The number of carbonyl (C=O) groups excluding carboxylic acids is 2. The molecule has 0 spiro atoms. The number of hydrogen-bond donors (Lipinski definition) is 4. The maximum absolute atomic E-state index is 12.9. The van der Waals surface area contributed by atoms with Crippen LogP contribution < -0.4 is 10.6 Å². The van der Waals surface area contributed by atoms with Gasteiger partial charge in [-0.1, -0.05) is 30.3 Å². The Labute approximate surface area is 185 Å². The molecule has 0 aliphatic heterocycles. The fourth-order valence-corrected chi connectivity index (χ4v) is 3.15. The number of amides is 2. The van der Waals surface area contributed by atoms with E-state index in [2.05, 4.69) is 25.6 Å². The van der Waals surface area contributed by atoms with Crippen molar-refractivity contribution in [2.24, 2.45) is 0 Å². The van der Waals surface area contributed by atoms with Crippen molar-refractivity contribution in [3.63, 3.8) is 0 Å². The summed E-state index contributed by atoms with van der Waals surface area (Å²) in [6.07, 6.45) is 8.45. The minimum Gasteiger partial charge on any atom is -0.448 e. The number of rotatable bonds is 11. The topological polar surface area (TPSA) is 150 Å². The van der Waals surface area contributed by atoms with E-state index < -0.39 is 30.9 Å². The van der Waals surface area contributed by atoms with Crippen LogP contribution in [-0.2, 0) is 17.6 Å². The molecule has 0 aliphatic rings. The Balaban J connectivity index is 1.64. The van der Waals surface area contributed by atoms with E-state index in [1.165, 1.54) is 31.2 Å². The third kappa shape index (κ3) is 7.00. The lowest BCUT2D eigenvalue weighted by atomic mass is 9.76. The van der Waals surface area contributed by atoms with Crippen LogP contribution in [0.4, 0.5) is 0 Å². The Morgan fingerprint density at radius 2 is 1.88 bits per heavy atom. The average molecular weight is 437 g/mol. The maximum atomic E-state index is 12.9. The van der Waals surface area contributed by atoms with Gasteiger partial charge in [-0.2, -0.15) is 0 Å². The zero-order chi connectivity index (χ0) is 22.8. The summed E-state index contributed by atoms with van der Waals surface area (Å²) in [6, 6.07) is 8.71. The van der Waals surface area contributed by atoms with E-state index >= 15 is 0 Å². The van der Waals surface area contributed by atoms with Crippen molar-refractivity contribution < 1.29 is 24.1 Å². The highest BCUT2D eigenvalue weighted by Gasteiger charge is 2.30. The number of aromatic nitrogens is 3. The van der Waals surface area contributed by atoms with Crippen LogP contribution in [0, 0.1) is 0 Å². The maximum Gasteiger partial charge on any atom is 0.475 e. The van der Waals surface area contributed by atoms with Gasteiger partial charge in [-0.15, -0.1) is 0 Å². The van der Waals surface area contributed by atoms with Crippen molar-refractivity contribution in [2.45, 2.75) is 37.7 Å². The van der Waals surface area contributed by atoms with Crippen molar-refractivity contribution in [1.82, 2.24) is 25.6 Å². The molecule has 0 aliphatic carbocycles. The summed E-state index contributed by atoms with van der Waals surface area (Å²) in [4.78, 5) is 37.0. The molecule has 0 saturated heterocycles. The monoisotopic (exact) mass is 437 g/mol. The first kappa shape index (κ1) is 23.1. The van der Waals surface area contributed by atoms with Gasteiger partial charge in [0.15, 0.2) is 6.39 Å². The molecule has 3 aromatic rings. The van der Waals surface area contributed by atoms with E-state index in [4.69, 9.17) is 4.42 Å². The number of hydrogen-bond acceptors (Lipinski definition) is 8. The molecular formula is C21H24BN5O5. The highest BCUT2D eigenvalue weighted by Crippen LogP contribution is 2.09. The SMILES string of the molecule is O=C(N[C@H](Cc1cnco1)C(=O)NC(CCCc1ccccc1)B(O)O)c1cnccn1. The molecule has 2 amide bonds. The van der Waals surface area contributed by atoms with E-state index in [0.29, 0.717) is 18.6 Å². The number of nitrogens with zero attached hydrogens (tertiary/aromatic N) is 3. The average Bonchev–Trinajstić information content (AvgIpc) is 3.32. The second-order valence-corrected chi connectivity index (χ2v) is 7.20. The fourth-order valence-electron chi connectivity index (χ4n) is 3.15. The number of nitrogens with one attached hydrogen (secondary N) is 2. The zero-order valence-electron chi connectivity index (χ0n) is 17.3. The fraction of sp³-hybridized carbons (Fsp3) is 0.286. The quantitative estimate of drug-likeness (QED) is 0.314. The minimum atomic E-state index is -1.75. The van der Waals surface area contributed by atoms with E-state index in [1.54, 1.807) is 0 Å². The summed E-state index contributed by atoms with van der Waals surface area (Å²) in [5, 5.41) is 24.7. The first-order valence-corrected chi connectivity index (χ1v) is 10.2. The molecular weight excluding hydrogens is 413 g/mol. The van der Waals surface area contributed by atoms with E-state index in [9.17, 15) is 19.6 Å². The number of benzene rings is 1. The van der Waals surface area contributed by atoms with Crippen LogP contribution in [0.15, 0.2) is 65.9 Å². The number of aryl methyl sites for hydroxylation is 1. The number of carbonyl (C=O) groups is 2. The van der Waals surface area contributed by atoms with Crippen molar-refractivity contribution in [1.29, 1.82) is 0 Å². The van der Waals surface area contributed by atoms with E-state index in [1.807, 2.05) is 30.3 Å². The molecule has 0 radical (unpaired) electrons. The molecule has 0 fully saturated rings. The standard InChI is InChI=1S/C21H24BN5O5/c28-20(27-19(22(30)31)8-4-7-15-5-2-1-3-6-15)17(11-16-12-24-14-32-16)26-21(29)18-13-23-9-10-25-18/h1-3,5-6,9-10,12-14,17,19,30-31H,4,7-8,11H2,(H,26,29)(H,27,28)/t17-,19?/m1/s1. The van der Waals surface area contributed by atoms with Crippen LogP contribution in [0.2, 0.25) is 0 Å². The molecule has 2 atom stereocenters. The van der Waals surface area contributed by atoms with Crippen LogP contribution in [-0.4, -0.2) is 55.9 Å². The normalized spacial score (nSPS) is 12.6. The van der Waals surface area contributed by atoms with Crippen LogP contribution >= 0.6 is 0 Å². The summed E-state index contributed by atoms with van der Waals surface area (Å²) < 4.78 is 5.20. The highest BCUT2D eigenvalue weighted by molar-refractivity contribution is 6.43. The molecule has 1 unspecified atom stereocenters. The van der Waals surface area contributed by atoms with Gasteiger partial charge in [0.2, 0.25) is 5.91 Å². The highest BCUT2D eigenvalue weighted by atomic mass is 16.4. The molecule has 2 heterocycles. The van der Waals surface area contributed by atoms with E-state index in [0.717, 1.165) is 12.0 Å². The van der Waals surface area contributed by atoms with Crippen molar-refractivity contribution in [3.8, 4) is 0 Å². The molecule has 32 heavy (non-hydrogen) atoms. The largest absolute Gasteiger partial charge is 0.475 e. The van der Waals surface area contributed by atoms with Gasteiger partial charge in [0, 0.05) is 18.8 Å². The van der Waals surface area contributed by atoms with Gasteiger partial charge in [0.1, 0.15) is 17.5 Å². The smallest absolute Gasteiger partial charge is 0.448 e. The summed E-state index contributed by atoms with van der Waals surface area (Å²) in [5.74, 6) is -1.70. The Morgan fingerprint density at radius 1 is 1.06 bits per heavy atom. The summed E-state index contributed by atoms with van der Waals surface area (Å²) in [7, 11) is -1.75. The third-order valence-electron chi connectivity index (χ3n) is 4.82. The van der Waals surface area contributed by atoms with Crippen molar-refractivity contribution in [2.75, 3.05) is 0 Å². The lowest BCUT2D eigenvalue weighted by Gasteiger charge is -2.22. The van der Waals surface area contributed by atoms with Gasteiger partial charge < -0.3 is 25.1 Å². The molecule has 2 aromatic heterocycles. The third-order valence-corrected chi connectivity index (χ3v) is 4.82. The second-order valence-electron chi connectivity index (χ2n) is 7.20. The lowest BCUT2D eigenvalue weighted by molar-refractivity contribution is -0.123. The lowest BCUT2D eigenvalue weighted by Crippen LogP contribution is -2.54. The molecule has 11 heteroatoms. The second kappa shape index (κ2) is 11.7. The van der Waals surface area contributed by atoms with Crippen LogP contribution in [0.3, 0.4) is 0 Å². The molecule has 4 N–H and O–H groups in total. The predicted molar refractivity (Wildman–Crippen MR) is 115 cm³/mol. The van der Waals surface area contributed by atoms with Crippen molar-refractivity contribution in [3.05, 3.63) is 78.5 Å². The zero-order valence-corrected chi connectivity index (χ0v) is 17.3. The van der Waals surface area contributed by atoms with Crippen LogP contribution in [0.1, 0.15) is 34.7 Å². The Hall–Kier alpha value is -3.57. The molecule has 166 valence electrons. The predicted octanol–water partition coefficient (Wildman–Crippen LogP) is 0.325. The van der Waals surface area contributed by atoms with E-state index in [-0.39, 0.29) is 12.1 Å². The van der Waals surface area contributed by atoms with Crippen molar-refractivity contribution >= 4 is 18.9 Å². The van der Waals surface area contributed by atoms with Gasteiger partial charge in [-0.25, -0.2) is 9.97 Å². The van der Waals surface area contributed by atoms with Gasteiger partial charge in [-0.3, -0.25) is 14.6 Å². The van der Waals surface area contributed by atoms with Gasteiger partial charge >= 0.3 is 7.12 Å². The molecule has 0 saturated carbocycles. The van der Waals surface area contributed by atoms with Crippen LogP contribution in [0.25, 0.3) is 0 Å². The Bertz CT molecular complexity index is 973. The minimum absolute atomic E-state index is 0.0239. The first-order chi connectivity index (χ1) is 15.5. The summed E-state index contributed by atoms with van der Waals surface area (Å²) >= 11 is 0. The molecule has 1 aromatic carbocycles. The molecule has 3 rings (SSSR count). The summed E-state index contributed by atoms with van der Waals surface area (Å²) in [5.41, 5.74) is 1.16. The molecule has 10 nitrogen and oxygen atoms in total. The van der Waals surface area contributed by atoms with Gasteiger partial charge in [0.25, 0.3) is 5.91 Å². The summed E-state index contributed by atoms with van der Waals surface area (Å²) in [6.45, 7) is 0. The molecule has 0 bridgehead atoms. The van der Waals surface area contributed by atoms with Gasteiger partial charge in [0.05, 0.1) is 18.3 Å². The number of oxazole rings is 1. The Morgan fingerprint density at radius 3 is 2.53 bits per heavy atom. The Kier molecular flexibility index (Phi) is 8.47. The first-order valence-electron chi connectivity index (χ1n) is 10.2. The van der Waals surface area contributed by atoms with Gasteiger partial charge in [-0.05, 0) is 24.8 Å².